The SMILES string of the molecule is CC1(C)C(=O)N(c2ccc(C#N)c(C(F)(F)F)c2)C(=O)N1[Si](C)(C)C(C)(C)C. The zero-order chi connectivity index (χ0) is 21.9. The van der Waals surface area contributed by atoms with Crippen LogP contribution in [0.3, 0.4) is 0 Å². The van der Waals surface area contributed by atoms with E-state index in [0.717, 1.165) is 11.0 Å². The van der Waals surface area contributed by atoms with Gasteiger partial charge in [-0.05, 0) is 37.1 Å². The molecule has 0 aromatic heterocycles. The molecule has 1 aromatic rings. The Balaban J connectivity index is 2.65. The summed E-state index contributed by atoms with van der Waals surface area (Å²) in [5, 5.41) is 8.70. The maximum Gasteiger partial charge on any atom is 0.417 e. The summed E-state index contributed by atoms with van der Waals surface area (Å²) in [6, 6.07) is 3.76. The summed E-state index contributed by atoms with van der Waals surface area (Å²) < 4.78 is 41.5. The Morgan fingerprint density at radius 3 is 2.07 bits per heavy atom. The number of rotatable bonds is 2. The summed E-state index contributed by atoms with van der Waals surface area (Å²) in [5.41, 5.74) is -3.10. The summed E-state index contributed by atoms with van der Waals surface area (Å²) in [6.07, 6.45) is -4.78. The van der Waals surface area contributed by atoms with Crippen LogP contribution in [0.4, 0.5) is 23.7 Å². The quantitative estimate of drug-likeness (QED) is 0.501. The van der Waals surface area contributed by atoms with Crippen LogP contribution < -0.4 is 4.90 Å². The second kappa shape index (κ2) is 6.34. The first-order valence-corrected chi connectivity index (χ1v) is 11.7. The maximum absolute atomic E-state index is 13.3. The second-order valence-corrected chi connectivity index (χ2v) is 14.0. The van der Waals surface area contributed by atoms with E-state index in [4.69, 9.17) is 5.26 Å². The van der Waals surface area contributed by atoms with Crippen molar-refractivity contribution in [3.63, 3.8) is 0 Å². The van der Waals surface area contributed by atoms with Gasteiger partial charge in [0, 0.05) is 0 Å². The lowest BCUT2D eigenvalue weighted by Crippen LogP contribution is -2.62. The number of carbonyl (C=O) groups is 2. The molecule has 2 rings (SSSR count). The molecule has 28 heavy (non-hydrogen) atoms. The summed E-state index contributed by atoms with van der Waals surface area (Å²) in [6.45, 7) is 13.1. The third-order valence-corrected chi connectivity index (χ3v) is 11.3. The van der Waals surface area contributed by atoms with E-state index in [9.17, 15) is 22.8 Å². The van der Waals surface area contributed by atoms with E-state index >= 15 is 0 Å². The highest BCUT2D eigenvalue weighted by molar-refractivity contribution is 6.80. The summed E-state index contributed by atoms with van der Waals surface area (Å²) in [5.74, 6) is -0.583. The van der Waals surface area contributed by atoms with Crippen LogP contribution in [0.5, 0.6) is 0 Å². The first-order chi connectivity index (χ1) is 12.5. The van der Waals surface area contributed by atoms with Crippen molar-refractivity contribution in [2.45, 2.75) is 64.5 Å². The normalized spacial score (nSPS) is 17.9. The lowest BCUT2D eigenvalue weighted by molar-refractivity contribution is -0.137. The Hall–Kier alpha value is -2.34. The molecule has 152 valence electrons. The van der Waals surface area contributed by atoms with Crippen molar-refractivity contribution >= 4 is 25.9 Å². The van der Waals surface area contributed by atoms with Crippen LogP contribution in [0.1, 0.15) is 45.7 Å². The van der Waals surface area contributed by atoms with E-state index < -0.39 is 43.0 Å². The number of amides is 3. The van der Waals surface area contributed by atoms with Gasteiger partial charge in [-0.25, -0.2) is 9.69 Å². The number of hydrogen-bond acceptors (Lipinski definition) is 3. The van der Waals surface area contributed by atoms with Crippen molar-refractivity contribution in [1.29, 1.82) is 5.26 Å². The molecule has 0 aliphatic carbocycles. The van der Waals surface area contributed by atoms with Crippen LogP contribution in [0.25, 0.3) is 0 Å². The number of benzene rings is 1. The van der Waals surface area contributed by atoms with Crippen molar-refractivity contribution in [2.24, 2.45) is 0 Å². The molecule has 1 aromatic carbocycles. The number of anilines is 1. The minimum Gasteiger partial charge on any atom is -0.338 e. The van der Waals surface area contributed by atoms with Gasteiger partial charge in [0.15, 0.2) is 8.24 Å². The zero-order valence-corrected chi connectivity index (χ0v) is 18.0. The fraction of sp³-hybridized carbons (Fsp3) is 0.526. The van der Waals surface area contributed by atoms with E-state index in [1.54, 1.807) is 18.4 Å². The van der Waals surface area contributed by atoms with Gasteiger partial charge in [0.2, 0.25) is 0 Å². The Bertz CT molecular complexity index is 880. The van der Waals surface area contributed by atoms with Crippen LogP contribution in [-0.4, -0.2) is 30.3 Å². The van der Waals surface area contributed by atoms with E-state index in [1.807, 2.05) is 33.9 Å². The first kappa shape index (κ1) is 22.0. The molecule has 9 heteroatoms. The molecule has 0 saturated carbocycles. The fourth-order valence-electron chi connectivity index (χ4n) is 3.30. The van der Waals surface area contributed by atoms with Gasteiger partial charge in [-0.2, -0.15) is 18.4 Å². The third-order valence-electron chi connectivity index (χ3n) is 5.75. The molecular formula is C19H24F3N3O2Si. The van der Waals surface area contributed by atoms with Gasteiger partial charge in [0.1, 0.15) is 5.54 Å². The number of urea groups is 1. The lowest BCUT2D eigenvalue weighted by atomic mass is 10.0. The largest absolute Gasteiger partial charge is 0.417 e. The summed E-state index contributed by atoms with van der Waals surface area (Å²) in [4.78, 5) is 27.1. The van der Waals surface area contributed by atoms with Gasteiger partial charge in [-0.3, -0.25) is 4.79 Å². The zero-order valence-electron chi connectivity index (χ0n) is 17.0. The number of carbonyl (C=O) groups excluding carboxylic acids is 2. The van der Waals surface area contributed by atoms with Crippen LogP contribution in [0, 0.1) is 11.3 Å². The molecule has 5 nitrogen and oxygen atoms in total. The van der Waals surface area contributed by atoms with E-state index in [0.29, 0.717) is 6.07 Å². The standard InChI is InChI=1S/C19H24F3N3O2Si/c1-17(2,3)28(6,7)25-16(27)24(15(26)18(25,4)5)13-9-8-12(11-23)14(10-13)19(20,21)22/h8-10H,1-7H3. The first-order valence-electron chi connectivity index (χ1n) is 8.78. The molecule has 0 spiro atoms. The number of halogens is 3. The highest BCUT2D eigenvalue weighted by atomic mass is 28.3. The van der Waals surface area contributed by atoms with Crippen molar-refractivity contribution in [3.05, 3.63) is 29.3 Å². The second-order valence-electron chi connectivity index (χ2n) is 8.97. The van der Waals surface area contributed by atoms with Crippen LogP contribution in [0.15, 0.2) is 18.2 Å². The molecule has 3 amide bonds. The number of nitrogens with zero attached hydrogens (tertiary/aromatic N) is 3. The summed E-state index contributed by atoms with van der Waals surface area (Å²) in [7, 11) is -2.51. The topological polar surface area (TPSA) is 64.4 Å². The number of hydrogen-bond donors (Lipinski definition) is 0. The predicted octanol–water partition coefficient (Wildman–Crippen LogP) is 5.13. The Kier molecular flexibility index (Phi) is 4.97. The maximum atomic E-state index is 13.3. The third kappa shape index (κ3) is 3.19. The molecular weight excluding hydrogens is 387 g/mol. The average Bonchev–Trinajstić information content (AvgIpc) is 2.70. The van der Waals surface area contributed by atoms with Gasteiger partial charge in [0.25, 0.3) is 5.91 Å². The Morgan fingerprint density at radius 2 is 1.64 bits per heavy atom. The lowest BCUT2D eigenvalue weighted by Gasteiger charge is -2.48. The van der Waals surface area contributed by atoms with Gasteiger partial charge >= 0.3 is 12.2 Å². The monoisotopic (exact) mass is 411 g/mol. The smallest absolute Gasteiger partial charge is 0.338 e. The molecule has 0 unspecified atom stereocenters. The van der Waals surface area contributed by atoms with E-state index in [-0.39, 0.29) is 10.7 Å². The number of imide groups is 1. The van der Waals surface area contributed by atoms with Crippen molar-refractivity contribution in [2.75, 3.05) is 4.90 Å². The van der Waals surface area contributed by atoms with Crippen molar-refractivity contribution in [3.8, 4) is 6.07 Å². The number of alkyl halides is 3. The predicted molar refractivity (Wildman–Crippen MR) is 102 cm³/mol. The molecule has 1 aliphatic heterocycles. The molecule has 1 aliphatic rings. The average molecular weight is 412 g/mol. The minimum absolute atomic E-state index is 0.185. The molecule has 0 N–H and O–H groups in total. The van der Waals surface area contributed by atoms with Gasteiger partial charge in [0.05, 0.1) is 22.9 Å². The van der Waals surface area contributed by atoms with Gasteiger partial charge in [-0.1, -0.05) is 33.9 Å². The van der Waals surface area contributed by atoms with Crippen molar-refractivity contribution < 1.29 is 22.8 Å². The molecule has 0 atom stereocenters. The summed E-state index contributed by atoms with van der Waals surface area (Å²) >= 11 is 0. The van der Waals surface area contributed by atoms with Crippen LogP contribution >= 0.6 is 0 Å². The minimum atomic E-state index is -4.78. The Morgan fingerprint density at radius 1 is 1.11 bits per heavy atom. The molecule has 1 heterocycles. The van der Waals surface area contributed by atoms with Crippen molar-refractivity contribution in [1.82, 2.24) is 4.57 Å². The molecule has 1 fully saturated rings. The molecule has 1 saturated heterocycles. The van der Waals surface area contributed by atoms with Gasteiger partial charge in [-0.15, -0.1) is 0 Å². The van der Waals surface area contributed by atoms with Crippen LogP contribution in [0.2, 0.25) is 18.1 Å². The Labute approximate surface area is 163 Å². The highest BCUT2D eigenvalue weighted by Gasteiger charge is 2.60. The van der Waals surface area contributed by atoms with E-state index in [2.05, 4.69) is 0 Å². The molecule has 0 radical (unpaired) electrons. The van der Waals surface area contributed by atoms with Crippen LogP contribution in [-0.2, 0) is 11.0 Å². The molecule has 0 bridgehead atoms. The van der Waals surface area contributed by atoms with E-state index in [1.165, 1.54) is 12.1 Å². The number of nitriles is 1. The van der Waals surface area contributed by atoms with Gasteiger partial charge < -0.3 is 4.57 Å². The fourth-order valence-corrected chi connectivity index (χ4v) is 6.04. The highest BCUT2D eigenvalue weighted by Crippen LogP contribution is 2.46.